The molecule has 0 aliphatic heterocycles. The van der Waals surface area contributed by atoms with E-state index in [1.54, 1.807) is 63.6 Å². The lowest BCUT2D eigenvalue weighted by atomic mass is 10.3. The zero-order chi connectivity index (χ0) is 24.0. The number of rotatable bonds is 11. The van der Waals surface area contributed by atoms with Crippen LogP contribution in [-0.4, -0.2) is 45.1 Å². The van der Waals surface area contributed by atoms with Gasteiger partial charge in [0.05, 0.1) is 30.8 Å². The molecule has 0 radical (unpaired) electrons. The highest BCUT2D eigenvalue weighted by atomic mass is 31.2. The van der Waals surface area contributed by atoms with Gasteiger partial charge in [-0.25, -0.2) is 15.1 Å². The molecule has 11 heteroatoms. The van der Waals surface area contributed by atoms with E-state index >= 15 is 0 Å². The van der Waals surface area contributed by atoms with Crippen LogP contribution >= 0.6 is 7.52 Å². The molecule has 3 atom stereocenters. The molecule has 1 aromatic carbocycles. The molecule has 0 aliphatic rings. The van der Waals surface area contributed by atoms with E-state index in [0.717, 1.165) is 0 Å². The van der Waals surface area contributed by atoms with Crippen LogP contribution in [0.4, 0.5) is 5.69 Å². The smallest absolute Gasteiger partial charge is 0.342 e. The summed E-state index contributed by atoms with van der Waals surface area (Å²) in [6.07, 6.45) is 2.34. The van der Waals surface area contributed by atoms with Gasteiger partial charge in [0.25, 0.3) is 0 Å². The number of nitrogens with zero attached hydrogens (tertiary/aromatic N) is 3. The predicted molar refractivity (Wildman–Crippen MR) is 126 cm³/mol. The minimum absolute atomic E-state index is 0.259. The highest BCUT2D eigenvalue weighted by molar-refractivity contribution is 7.57. The zero-order valence-corrected chi connectivity index (χ0v) is 20.1. The maximum absolute atomic E-state index is 13.6. The van der Waals surface area contributed by atoms with Gasteiger partial charge in [-0.2, -0.15) is 0 Å². The lowest BCUT2D eigenvalue weighted by Gasteiger charge is -2.25. The molecule has 0 saturated carbocycles. The van der Waals surface area contributed by atoms with Crippen molar-refractivity contribution < 1.29 is 23.4 Å². The Labute approximate surface area is 193 Å². The number of esters is 1. The van der Waals surface area contributed by atoms with E-state index in [2.05, 4.69) is 15.1 Å². The number of fused-ring (bicyclic) bond motifs is 1. The second-order valence-corrected chi connectivity index (χ2v) is 10.0. The molecule has 3 N–H and O–H groups in total. The van der Waals surface area contributed by atoms with Crippen molar-refractivity contribution in [2.75, 3.05) is 12.1 Å². The van der Waals surface area contributed by atoms with Gasteiger partial charge in [0, 0.05) is 6.20 Å². The van der Waals surface area contributed by atoms with Crippen LogP contribution in [0.1, 0.15) is 27.7 Å². The van der Waals surface area contributed by atoms with E-state index in [1.165, 1.54) is 0 Å². The van der Waals surface area contributed by atoms with Crippen molar-refractivity contribution in [1.82, 2.24) is 19.6 Å². The monoisotopic (exact) mass is 475 g/mol. The van der Waals surface area contributed by atoms with Crippen LogP contribution in [0.3, 0.4) is 0 Å². The highest BCUT2D eigenvalue weighted by Crippen LogP contribution is 2.44. The number of hydrogen-bond acceptors (Lipinski definition) is 8. The summed E-state index contributed by atoms with van der Waals surface area (Å²) >= 11 is 0. The van der Waals surface area contributed by atoms with Crippen molar-refractivity contribution in [1.29, 1.82) is 0 Å². The summed E-state index contributed by atoms with van der Waals surface area (Å²) in [5.74, 6) is -0.127. The quantitative estimate of drug-likeness (QED) is 0.316. The van der Waals surface area contributed by atoms with Gasteiger partial charge in [-0.3, -0.25) is 9.36 Å². The summed E-state index contributed by atoms with van der Waals surface area (Å²) in [6, 6.07) is 9.55. The molecule has 0 amide bonds. The van der Waals surface area contributed by atoms with Gasteiger partial charge in [-0.15, -0.1) is 0 Å². The second kappa shape index (κ2) is 10.8. The lowest BCUT2D eigenvalue weighted by molar-refractivity contribution is -0.149. The van der Waals surface area contributed by atoms with Crippen molar-refractivity contribution in [2.24, 2.45) is 0 Å². The summed E-state index contributed by atoms with van der Waals surface area (Å²) in [7, 11) is -3.63. The van der Waals surface area contributed by atoms with E-state index in [-0.39, 0.29) is 18.6 Å². The Kier molecular flexibility index (Phi) is 8.07. The van der Waals surface area contributed by atoms with E-state index < -0.39 is 19.5 Å². The number of pyridine rings is 1. The number of benzene rings is 1. The van der Waals surface area contributed by atoms with Crippen LogP contribution < -0.4 is 15.3 Å². The molecule has 0 spiro atoms. The summed E-state index contributed by atoms with van der Waals surface area (Å²) < 4.78 is 32.3. The summed E-state index contributed by atoms with van der Waals surface area (Å²) in [4.78, 5) is 20.9. The van der Waals surface area contributed by atoms with Crippen LogP contribution in [-0.2, 0) is 25.4 Å². The standard InChI is InChI=1S/C22H30N5O5P/c1-15(2)31-22(28)17(4)26-33(29,32-18-8-6-5-7-9-18)14-30-16(3)12-27-13-25-20-19(23)10-11-24-21(20)27/h5-11,13,15-17H,12,14H2,1-4H3,(H2,23,24)(H,26,29)/t16-,17+,33?/m1/s1. The normalized spacial score (nSPS) is 15.2. The summed E-state index contributed by atoms with van der Waals surface area (Å²) in [6.45, 7) is 7.31. The van der Waals surface area contributed by atoms with Gasteiger partial charge in [-0.1, -0.05) is 18.2 Å². The fourth-order valence-electron chi connectivity index (χ4n) is 3.09. The van der Waals surface area contributed by atoms with Gasteiger partial charge in [-0.05, 0) is 45.9 Å². The molecule has 0 fully saturated rings. The van der Waals surface area contributed by atoms with Crippen LogP contribution in [0, 0.1) is 0 Å². The first-order chi connectivity index (χ1) is 15.7. The minimum atomic E-state index is -3.63. The Bertz CT molecular complexity index is 1120. The molecule has 0 saturated heterocycles. The van der Waals surface area contributed by atoms with Gasteiger partial charge < -0.3 is 24.3 Å². The molecule has 1 unspecified atom stereocenters. The number of carbonyl (C=O) groups is 1. The van der Waals surface area contributed by atoms with Gasteiger partial charge in [0.1, 0.15) is 23.7 Å². The number of aromatic nitrogens is 3. The molecular weight excluding hydrogens is 445 g/mol. The van der Waals surface area contributed by atoms with E-state index in [0.29, 0.717) is 29.1 Å². The third-order valence-corrected chi connectivity index (χ3v) is 6.38. The first-order valence-electron chi connectivity index (χ1n) is 10.7. The molecule has 2 aromatic heterocycles. The number of nitrogens with one attached hydrogen (secondary N) is 1. The Hall–Kier alpha value is -2.94. The topological polar surface area (TPSA) is 131 Å². The molecule has 0 aliphatic carbocycles. The number of para-hydroxylation sites is 1. The summed E-state index contributed by atoms with van der Waals surface area (Å²) in [5.41, 5.74) is 7.73. The predicted octanol–water partition coefficient (Wildman–Crippen LogP) is 3.58. The Morgan fingerprint density at radius 1 is 1.15 bits per heavy atom. The average Bonchev–Trinajstić information content (AvgIpc) is 3.16. The first kappa shape index (κ1) is 24.7. The lowest BCUT2D eigenvalue weighted by Crippen LogP contribution is -2.37. The fraction of sp³-hybridized carbons (Fsp3) is 0.409. The first-order valence-corrected chi connectivity index (χ1v) is 12.5. The number of anilines is 1. The van der Waals surface area contributed by atoms with Gasteiger partial charge >= 0.3 is 13.5 Å². The van der Waals surface area contributed by atoms with Crippen LogP contribution in [0.5, 0.6) is 5.75 Å². The number of ether oxygens (including phenoxy) is 2. The molecule has 3 rings (SSSR count). The fourth-order valence-corrected chi connectivity index (χ4v) is 4.88. The highest BCUT2D eigenvalue weighted by Gasteiger charge is 2.32. The molecule has 10 nitrogen and oxygen atoms in total. The molecule has 178 valence electrons. The Balaban J connectivity index is 1.70. The van der Waals surface area contributed by atoms with Crippen molar-refractivity contribution in [3.8, 4) is 5.75 Å². The maximum atomic E-state index is 13.6. The average molecular weight is 475 g/mol. The summed E-state index contributed by atoms with van der Waals surface area (Å²) in [5, 5.41) is 2.78. The van der Waals surface area contributed by atoms with Crippen LogP contribution in [0.15, 0.2) is 48.9 Å². The zero-order valence-electron chi connectivity index (χ0n) is 19.2. The molecule has 33 heavy (non-hydrogen) atoms. The minimum Gasteiger partial charge on any atom is -0.462 e. The SMILES string of the molecule is CC(C)OC(=O)[C@H](C)NP(=O)(CO[C@H](C)Cn1cnc2c(N)ccnc21)Oc1ccccc1. The van der Waals surface area contributed by atoms with E-state index in [4.69, 9.17) is 19.7 Å². The molecular formula is C22H30N5O5P. The van der Waals surface area contributed by atoms with Gasteiger partial charge in [0.15, 0.2) is 5.65 Å². The second-order valence-electron chi connectivity index (χ2n) is 7.99. The third kappa shape index (κ3) is 6.77. The van der Waals surface area contributed by atoms with Crippen LogP contribution in [0.25, 0.3) is 11.2 Å². The van der Waals surface area contributed by atoms with Crippen molar-refractivity contribution >= 4 is 30.3 Å². The van der Waals surface area contributed by atoms with Crippen molar-refractivity contribution in [3.63, 3.8) is 0 Å². The largest absolute Gasteiger partial charge is 0.462 e. The number of nitrogens with two attached hydrogens (primary N) is 1. The Morgan fingerprint density at radius 3 is 2.58 bits per heavy atom. The number of nitrogen functional groups attached to an aromatic ring is 1. The van der Waals surface area contributed by atoms with Crippen molar-refractivity contribution in [3.05, 3.63) is 48.9 Å². The molecule has 0 bridgehead atoms. The van der Waals surface area contributed by atoms with Gasteiger partial charge in [0.2, 0.25) is 0 Å². The number of imidazole rings is 1. The van der Waals surface area contributed by atoms with E-state index in [1.807, 2.05) is 17.6 Å². The number of carbonyl (C=O) groups excluding carboxylic acids is 1. The number of hydrogen-bond donors (Lipinski definition) is 2. The third-order valence-electron chi connectivity index (χ3n) is 4.61. The Morgan fingerprint density at radius 2 is 1.88 bits per heavy atom. The molecule has 3 aromatic rings. The van der Waals surface area contributed by atoms with E-state index in [9.17, 15) is 9.36 Å². The van der Waals surface area contributed by atoms with Crippen molar-refractivity contribution in [2.45, 2.75) is 52.5 Å². The van der Waals surface area contributed by atoms with Crippen LogP contribution in [0.2, 0.25) is 0 Å². The maximum Gasteiger partial charge on any atom is 0.342 e. The molecule has 2 heterocycles.